The molecule has 4 rings (SSSR count). The van der Waals surface area contributed by atoms with Gasteiger partial charge in [-0.1, -0.05) is 72.3 Å². The molecule has 0 aromatic heterocycles. The quantitative estimate of drug-likeness (QED) is 0.538. The molecule has 1 saturated heterocycles. The van der Waals surface area contributed by atoms with E-state index in [9.17, 15) is 0 Å². The molecule has 0 saturated carbocycles. The van der Waals surface area contributed by atoms with Gasteiger partial charge in [0.15, 0.2) is 0 Å². The minimum Gasteiger partial charge on any atom is -0.489 e. The number of nitrogens with zero attached hydrogens (tertiary/aromatic N) is 3. The lowest BCUT2D eigenvalue weighted by molar-refractivity contribution is 0.131. The molecule has 3 aromatic rings. The van der Waals surface area contributed by atoms with Crippen LogP contribution in [0.4, 0.5) is 0 Å². The molecule has 1 aliphatic heterocycles. The Hall–Kier alpha value is -3.11. The third kappa shape index (κ3) is 5.94. The van der Waals surface area contributed by atoms with Gasteiger partial charge in [-0.15, -0.1) is 0 Å². The second kappa shape index (κ2) is 10.1. The fourth-order valence-corrected chi connectivity index (χ4v) is 3.54. The highest BCUT2D eigenvalue weighted by molar-refractivity contribution is 5.79. The van der Waals surface area contributed by atoms with Gasteiger partial charge in [0, 0.05) is 32.7 Å². The van der Waals surface area contributed by atoms with Crippen LogP contribution in [0.1, 0.15) is 22.3 Å². The van der Waals surface area contributed by atoms with Gasteiger partial charge in [-0.25, -0.2) is 0 Å². The Morgan fingerprint density at radius 3 is 2.37 bits per heavy atom. The Balaban J connectivity index is 1.25. The summed E-state index contributed by atoms with van der Waals surface area (Å²) >= 11 is 0. The molecule has 1 aliphatic rings. The fourth-order valence-electron chi connectivity index (χ4n) is 3.54. The van der Waals surface area contributed by atoms with Crippen LogP contribution < -0.4 is 4.74 Å². The second-order valence-corrected chi connectivity index (χ2v) is 7.81. The van der Waals surface area contributed by atoms with Crippen LogP contribution >= 0.6 is 0 Å². The monoisotopic (exact) mass is 399 g/mol. The first-order chi connectivity index (χ1) is 14.7. The van der Waals surface area contributed by atoms with E-state index in [-0.39, 0.29) is 0 Å². The molecule has 0 N–H and O–H groups in total. The molecule has 1 heterocycles. The van der Waals surface area contributed by atoms with Crippen LogP contribution in [-0.2, 0) is 13.2 Å². The summed E-state index contributed by atoms with van der Waals surface area (Å²) in [5, 5.41) is 6.85. The molecule has 0 aliphatic carbocycles. The van der Waals surface area contributed by atoms with Crippen molar-refractivity contribution in [1.82, 2.24) is 9.91 Å². The van der Waals surface area contributed by atoms with Crippen molar-refractivity contribution in [2.24, 2.45) is 5.10 Å². The zero-order valence-corrected chi connectivity index (χ0v) is 17.6. The molecule has 4 heteroatoms. The minimum absolute atomic E-state index is 0.574. The van der Waals surface area contributed by atoms with Gasteiger partial charge in [-0.2, -0.15) is 5.10 Å². The highest BCUT2D eigenvalue weighted by Gasteiger charge is 2.15. The highest BCUT2D eigenvalue weighted by Crippen LogP contribution is 2.15. The largest absolute Gasteiger partial charge is 0.489 e. The van der Waals surface area contributed by atoms with Crippen molar-refractivity contribution in [3.05, 3.63) is 101 Å². The molecule has 0 spiro atoms. The van der Waals surface area contributed by atoms with Crippen LogP contribution in [0.25, 0.3) is 0 Å². The number of hydrogen-bond donors (Lipinski definition) is 0. The zero-order chi connectivity index (χ0) is 20.6. The van der Waals surface area contributed by atoms with E-state index < -0.39 is 0 Å². The van der Waals surface area contributed by atoms with Crippen LogP contribution in [-0.4, -0.2) is 42.3 Å². The molecular weight excluding hydrogens is 370 g/mol. The Kier molecular flexibility index (Phi) is 6.78. The summed E-state index contributed by atoms with van der Waals surface area (Å²) in [5.74, 6) is 0.866. The van der Waals surface area contributed by atoms with Crippen molar-refractivity contribution in [3.63, 3.8) is 0 Å². The first-order valence-corrected chi connectivity index (χ1v) is 10.6. The minimum atomic E-state index is 0.574. The number of hydrazone groups is 1. The summed E-state index contributed by atoms with van der Waals surface area (Å²) in [6.07, 6.45) is 1.94. The van der Waals surface area contributed by atoms with E-state index in [2.05, 4.69) is 59.3 Å². The van der Waals surface area contributed by atoms with Crippen molar-refractivity contribution >= 4 is 6.21 Å². The smallest absolute Gasteiger partial charge is 0.120 e. The maximum atomic E-state index is 5.92. The van der Waals surface area contributed by atoms with E-state index in [1.54, 1.807) is 0 Å². The fraction of sp³-hybridized carbons (Fsp3) is 0.269. The van der Waals surface area contributed by atoms with Crippen LogP contribution in [0.5, 0.6) is 5.75 Å². The molecule has 0 radical (unpaired) electrons. The molecule has 154 valence electrons. The summed E-state index contributed by atoms with van der Waals surface area (Å²) in [6.45, 7) is 7.69. The maximum absolute atomic E-state index is 5.92. The van der Waals surface area contributed by atoms with E-state index in [0.717, 1.165) is 44.0 Å². The van der Waals surface area contributed by atoms with Crippen molar-refractivity contribution in [2.45, 2.75) is 20.1 Å². The number of benzene rings is 3. The lowest BCUT2D eigenvalue weighted by Crippen LogP contribution is -2.43. The third-order valence-corrected chi connectivity index (χ3v) is 5.35. The number of piperazine rings is 1. The van der Waals surface area contributed by atoms with Crippen LogP contribution in [0.15, 0.2) is 84.0 Å². The molecule has 0 unspecified atom stereocenters. The number of hydrogen-bond acceptors (Lipinski definition) is 4. The van der Waals surface area contributed by atoms with Crippen molar-refractivity contribution in [3.8, 4) is 5.75 Å². The average Bonchev–Trinajstić information content (AvgIpc) is 2.80. The predicted octanol–water partition coefficient (Wildman–Crippen LogP) is 4.73. The molecule has 0 bridgehead atoms. The molecular formula is C26H29N3O. The van der Waals surface area contributed by atoms with Gasteiger partial charge in [-0.05, 0) is 35.7 Å². The first-order valence-electron chi connectivity index (χ1n) is 10.6. The van der Waals surface area contributed by atoms with E-state index in [0.29, 0.717) is 6.61 Å². The summed E-state index contributed by atoms with van der Waals surface area (Å²) in [7, 11) is 0. The van der Waals surface area contributed by atoms with E-state index in [1.807, 2.05) is 42.6 Å². The van der Waals surface area contributed by atoms with Crippen LogP contribution in [0.3, 0.4) is 0 Å². The number of rotatable bonds is 7. The zero-order valence-electron chi connectivity index (χ0n) is 17.6. The van der Waals surface area contributed by atoms with Crippen LogP contribution in [0.2, 0.25) is 0 Å². The second-order valence-electron chi connectivity index (χ2n) is 7.81. The SMILES string of the molecule is Cc1ccc(CN2CCN(/N=C\c3cccc(OCc4ccccc4)c3)CC2)cc1. The van der Waals surface area contributed by atoms with Gasteiger partial charge in [-0.3, -0.25) is 9.91 Å². The average molecular weight is 400 g/mol. The highest BCUT2D eigenvalue weighted by atomic mass is 16.5. The van der Waals surface area contributed by atoms with Gasteiger partial charge in [0.25, 0.3) is 0 Å². The van der Waals surface area contributed by atoms with Crippen LogP contribution in [0, 0.1) is 6.92 Å². The lowest BCUT2D eigenvalue weighted by atomic mass is 10.1. The summed E-state index contributed by atoms with van der Waals surface area (Å²) in [5.41, 5.74) is 4.92. The summed E-state index contributed by atoms with van der Waals surface area (Å²) in [6, 6.07) is 27.2. The first kappa shape index (κ1) is 20.2. The lowest BCUT2D eigenvalue weighted by Gasteiger charge is -2.33. The third-order valence-electron chi connectivity index (χ3n) is 5.35. The molecule has 30 heavy (non-hydrogen) atoms. The molecule has 1 fully saturated rings. The Morgan fingerprint density at radius 2 is 1.60 bits per heavy atom. The Labute approximate surface area is 179 Å². The Bertz CT molecular complexity index is 946. The Morgan fingerprint density at radius 1 is 0.833 bits per heavy atom. The van der Waals surface area contributed by atoms with Gasteiger partial charge >= 0.3 is 0 Å². The van der Waals surface area contributed by atoms with Gasteiger partial charge < -0.3 is 4.74 Å². The maximum Gasteiger partial charge on any atom is 0.120 e. The van der Waals surface area contributed by atoms with E-state index in [4.69, 9.17) is 9.84 Å². The summed E-state index contributed by atoms with van der Waals surface area (Å²) in [4.78, 5) is 2.49. The number of ether oxygens (including phenoxy) is 1. The van der Waals surface area contributed by atoms with Crippen molar-refractivity contribution in [1.29, 1.82) is 0 Å². The van der Waals surface area contributed by atoms with Gasteiger partial charge in [0.2, 0.25) is 0 Å². The van der Waals surface area contributed by atoms with Crippen molar-refractivity contribution < 1.29 is 4.74 Å². The van der Waals surface area contributed by atoms with E-state index >= 15 is 0 Å². The van der Waals surface area contributed by atoms with Gasteiger partial charge in [0.1, 0.15) is 12.4 Å². The van der Waals surface area contributed by atoms with Crippen molar-refractivity contribution in [2.75, 3.05) is 26.2 Å². The van der Waals surface area contributed by atoms with E-state index in [1.165, 1.54) is 16.7 Å². The molecule has 3 aromatic carbocycles. The topological polar surface area (TPSA) is 28.1 Å². The standard InChI is InChI=1S/C26H29N3O/c1-22-10-12-23(13-11-22)20-28-14-16-29(17-15-28)27-19-25-8-5-9-26(18-25)30-21-24-6-3-2-4-7-24/h2-13,18-19H,14-17,20-21H2,1H3/b27-19-. The summed E-state index contributed by atoms with van der Waals surface area (Å²) < 4.78 is 5.92. The number of aryl methyl sites for hydroxylation is 1. The normalized spacial score (nSPS) is 14.9. The molecule has 4 nitrogen and oxygen atoms in total. The van der Waals surface area contributed by atoms with Gasteiger partial charge in [0.05, 0.1) is 6.21 Å². The molecule has 0 atom stereocenters. The predicted molar refractivity (Wildman–Crippen MR) is 123 cm³/mol. The molecule has 0 amide bonds.